The lowest BCUT2D eigenvalue weighted by atomic mass is 10.2. The van der Waals surface area contributed by atoms with Crippen LogP contribution in [0.2, 0.25) is 0 Å². The predicted molar refractivity (Wildman–Crippen MR) is 72.0 cm³/mol. The number of methoxy groups -OCH3 is 1. The molecule has 1 fully saturated rings. The van der Waals surface area contributed by atoms with Crippen LogP contribution < -0.4 is 0 Å². The molecule has 110 valence electrons. The first-order valence-corrected chi connectivity index (χ1v) is 7.69. The molecule has 1 aromatic rings. The first-order chi connectivity index (χ1) is 9.45. The molecule has 1 aliphatic rings. The topological polar surface area (TPSA) is 72.9 Å². The van der Waals surface area contributed by atoms with Crippen molar-refractivity contribution in [3.63, 3.8) is 0 Å². The molecule has 1 saturated heterocycles. The van der Waals surface area contributed by atoms with Crippen LogP contribution in [0.15, 0.2) is 29.2 Å². The van der Waals surface area contributed by atoms with Crippen LogP contribution in [0.3, 0.4) is 0 Å². The number of esters is 1. The fourth-order valence-electron chi connectivity index (χ4n) is 2.06. The summed E-state index contributed by atoms with van der Waals surface area (Å²) in [5.74, 6) is -0.558. The number of sulfonamides is 1. The second-order valence-corrected chi connectivity index (χ2v) is 6.50. The number of nitrogens with zero attached hydrogens (tertiary/aromatic N) is 1. The highest BCUT2D eigenvalue weighted by Crippen LogP contribution is 2.20. The summed E-state index contributed by atoms with van der Waals surface area (Å²) in [4.78, 5) is 11.6. The van der Waals surface area contributed by atoms with Gasteiger partial charge in [-0.05, 0) is 25.1 Å². The van der Waals surface area contributed by atoms with Gasteiger partial charge in [0.05, 0.1) is 30.3 Å². The molecule has 1 atom stereocenters. The molecule has 1 unspecified atom stereocenters. The van der Waals surface area contributed by atoms with Gasteiger partial charge >= 0.3 is 5.97 Å². The molecule has 7 heteroatoms. The van der Waals surface area contributed by atoms with Crippen LogP contribution in [0.25, 0.3) is 0 Å². The summed E-state index contributed by atoms with van der Waals surface area (Å²) in [6.07, 6.45) is -0.137. The van der Waals surface area contributed by atoms with E-state index in [0.29, 0.717) is 19.7 Å². The zero-order chi connectivity index (χ0) is 14.8. The summed E-state index contributed by atoms with van der Waals surface area (Å²) in [5, 5.41) is 0. The minimum Gasteiger partial charge on any atom is -0.465 e. The van der Waals surface area contributed by atoms with Gasteiger partial charge in [-0.3, -0.25) is 0 Å². The average molecular weight is 299 g/mol. The van der Waals surface area contributed by atoms with E-state index in [1.165, 1.54) is 35.7 Å². The molecule has 0 aromatic heterocycles. The van der Waals surface area contributed by atoms with Crippen LogP contribution in [-0.4, -0.2) is 51.6 Å². The van der Waals surface area contributed by atoms with E-state index in [0.717, 1.165) is 0 Å². The quantitative estimate of drug-likeness (QED) is 0.775. The molecule has 0 saturated carbocycles. The number of carbonyl (C=O) groups excluding carboxylic acids is 1. The van der Waals surface area contributed by atoms with Crippen molar-refractivity contribution in [3.8, 4) is 0 Å². The van der Waals surface area contributed by atoms with Crippen molar-refractivity contribution in [3.05, 3.63) is 29.8 Å². The Morgan fingerprint density at radius 1 is 1.45 bits per heavy atom. The Bertz CT molecular complexity index is 599. The molecule has 1 aromatic carbocycles. The molecule has 2 rings (SSSR count). The standard InChI is InChI=1S/C13H17NO5S/c1-10-9-14(6-7-19-10)20(16,17)12-5-3-4-11(8-12)13(15)18-2/h3-5,8,10H,6-7,9H2,1-2H3. The molecule has 1 heterocycles. The van der Waals surface area contributed by atoms with Gasteiger partial charge in [-0.2, -0.15) is 4.31 Å². The highest BCUT2D eigenvalue weighted by atomic mass is 32.2. The van der Waals surface area contributed by atoms with E-state index in [-0.39, 0.29) is 16.6 Å². The van der Waals surface area contributed by atoms with E-state index in [4.69, 9.17) is 4.74 Å². The summed E-state index contributed by atoms with van der Waals surface area (Å²) >= 11 is 0. The lowest BCUT2D eigenvalue weighted by Crippen LogP contribution is -2.44. The fourth-order valence-corrected chi connectivity index (χ4v) is 3.60. The third kappa shape index (κ3) is 3.00. The number of benzene rings is 1. The molecule has 6 nitrogen and oxygen atoms in total. The summed E-state index contributed by atoms with van der Waals surface area (Å²) in [6, 6.07) is 5.86. The van der Waals surface area contributed by atoms with E-state index in [9.17, 15) is 13.2 Å². The van der Waals surface area contributed by atoms with Crippen LogP contribution in [0.4, 0.5) is 0 Å². The Kier molecular flexibility index (Phi) is 4.42. The van der Waals surface area contributed by atoms with Crippen molar-refractivity contribution in [2.24, 2.45) is 0 Å². The fraction of sp³-hybridized carbons (Fsp3) is 0.462. The second-order valence-electron chi connectivity index (χ2n) is 4.56. The van der Waals surface area contributed by atoms with Gasteiger partial charge in [0.15, 0.2) is 0 Å². The Hall–Kier alpha value is -1.44. The Labute approximate surface area is 118 Å². The molecule has 0 spiro atoms. The predicted octanol–water partition coefficient (Wildman–Crippen LogP) is 0.883. The zero-order valence-corrected chi connectivity index (χ0v) is 12.2. The molecule has 0 aliphatic carbocycles. The summed E-state index contributed by atoms with van der Waals surface area (Å²) in [7, 11) is -2.36. The van der Waals surface area contributed by atoms with Gasteiger partial charge in [-0.25, -0.2) is 13.2 Å². The van der Waals surface area contributed by atoms with Crippen molar-refractivity contribution >= 4 is 16.0 Å². The number of ether oxygens (including phenoxy) is 2. The Balaban J connectivity index is 2.32. The number of morpholine rings is 1. The van der Waals surface area contributed by atoms with Crippen LogP contribution in [0.1, 0.15) is 17.3 Å². The maximum Gasteiger partial charge on any atom is 0.337 e. The van der Waals surface area contributed by atoms with Gasteiger partial charge in [0.25, 0.3) is 0 Å². The smallest absolute Gasteiger partial charge is 0.337 e. The molecule has 0 N–H and O–H groups in total. The maximum atomic E-state index is 12.5. The van der Waals surface area contributed by atoms with Gasteiger partial charge in [0, 0.05) is 13.1 Å². The maximum absolute atomic E-state index is 12.5. The highest BCUT2D eigenvalue weighted by molar-refractivity contribution is 7.89. The van der Waals surface area contributed by atoms with Crippen molar-refractivity contribution in [2.75, 3.05) is 26.8 Å². The van der Waals surface area contributed by atoms with Crippen LogP contribution >= 0.6 is 0 Å². The van der Waals surface area contributed by atoms with Crippen LogP contribution in [0, 0.1) is 0 Å². The molecule has 0 bridgehead atoms. The third-order valence-electron chi connectivity index (χ3n) is 3.10. The van der Waals surface area contributed by atoms with Crippen molar-refractivity contribution < 1.29 is 22.7 Å². The molecule has 20 heavy (non-hydrogen) atoms. The Morgan fingerprint density at radius 2 is 2.20 bits per heavy atom. The van der Waals surface area contributed by atoms with E-state index in [1.807, 2.05) is 6.92 Å². The minimum absolute atomic E-state index is 0.0921. The van der Waals surface area contributed by atoms with Gasteiger partial charge in [0.2, 0.25) is 10.0 Å². The largest absolute Gasteiger partial charge is 0.465 e. The first-order valence-electron chi connectivity index (χ1n) is 6.25. The lowest BCUT2D eigenvalue weighted by Gasteiger charge is -2.30. The summed E-state index contributed by atoms with van der Waals surface area (Å²) < 4.78 is 36.3. The van der Waals surface area contributed by atoms with E-state index in [1.54, 1.807) is 0 Å². The molecule has 0 radical (unpaired) electrons. The van der Waals surface area contributed by atoms with E-state index >= 15 is 0 Å². The molecular formula is C13H17NO5S. The minimum atomic E-state index is -3.61. The monoisotopic (exact) mass is 299 g/mol. The molecular weight excluding hydrogens is 282 g/mol. The van der Waals surface area contributed by atoms with Gasteiger partial charge in [0.1, 0.15) is 0 Å². The van der Waals surface area contributed by atoms with E-state index in [2.05, 4.69) is 4.74 Å². The number of rotatable bonds is 3. The van der Waals surface area contributed by atoms with Crippen molar-refractivity contribution in [1.29, 1.82) is 0 Å². The molecule has 1 aliphatic heterocycles. The first kappa shape index (κ1) is 15.0. The lowest BCUT2D eigenvalue weighted by molar-refractivity contribution is 0.0102. The van der Waals surface area contributed by atoms with Crippen molar-refractivity contribution in [2.45, 2.75) is 17.9 Å². The number of hydrogen-bond donors (Lipinski definition) is 0. The zero-order valence-electron chi connectivity index (χ0n) is 11.4. The second kappa shape index (κ2) is 5.90. The molecule has 0 amide bonds. The van der Waals surface area contributed by atoms with Crippen molar-refractivity contribution in [1.82, 2.24) is 4.31 Å². The van der Waals surface area contributed by atoms with Crippen LogP contribution in [0.5, 0.6) is 0 Å². The average Bonchev–Trinajstić information content (AvgIpc) is 2.46. The number of hydrogen-bond acceptors (Lipinski definition) is 5. The van der Waals surface area contributed by atoms with Crippen LogP contribution in [-0.2, 0) is 19.5 Å². The van der Waals surface area contributed by atoms with Gasteiger partial charge < -0.3 is 9.47 Å². The third-order valence-corrected chi connectivity index (χ3v) is 4.96. The SMILES string of the molecule is COC(=O)c1cccc(S(=O)(=O)N2CCOC(C)C2)c1. The van der Waals surface area contributed by atoms with E-state index < -0.39 is 16.0 Å². The highest BCUT2D eigenvalue weighted by Gasteiger charge is 2.29. The van der Waals surface area contributed by atoms with Gasteiger partial charge in [-0.1, -0.05) is 6.07 Å². The normalized spacial score (nSPS) is 20.6. The summed E-state index contributed by atoms with van der Waals surface area (Å²) in [5.41, 5.74) is 0.217. The number of carbonyl (C=O) groups is 1. The van der Waals surface area contributed by atoms with Gasteiger partial charge in [-0.15, -0.1) is 0 Å². The summed E-state index contributed by atoms with van der Waals surface area (Å²) in [6.45, 7) is 2.82. The Morgan fingerprint density at radius 3 is 2.85 bits per heavy atom.